The highest BCUT2D eigenvalue weighted by molar-refractivity contribution is 6.12. The zero-order valence-electron chi connectivity index (χ0n) is 15.8. The average Bonchev–Trinajstić information content (AvgIpc) is 2.88. The van der Waals surface area contributed by atoms with Crippen molar-refractivity contribution in [3.63, 3.8) is 0 Å². The molecule has 1 aliphatic carbocycles. The van der Waals surface area contributed by atoms with E-state index in [0.29, 0.717) is 5.82 Å². The van der Waals surface area contributed by atoms with Gasteiger partial charge < -0.3 is 4.90 Å². The van der Waals surface area contributed by atoms with Gasteiger partial charge in [0.05, 0.1) is 17.2 Å². The van der Waals surface area contributed by atoms with E-state index in [-0.39, 0.29) is 11.5 Å². The summed E-state index contributed by atoms with van der Waals surface area (Å²) < 4.78 is 40.3. The van der Waals surface area contributed by atoms with Crippen molar-refractivity contribution >= 4 is 17.2 Å². The number of amidine groups is 1. The second-order valence-corrected chi connectivity index (χ2v) is 7.50. The number of rotatable bonds is 2. The minimum absolute atomic E-state index is 0.187. The van der Waals surface area contributed by atoms with Crippen molar-refractivity contribution in [2.45, 2.75) is 37.9 Å². The van der Waals surface area contributed by atoms with Crippen LogP contribution >= 0.6 is 0 Å². The Morgan fingerprint density at radius 2 is 1.72 bits per heavy atom. The predicted molar refractivity (Wildman–Crippen MR) is 106 cm³/mol. The Hall–Kier alpha value is -3.27. The van der Waals surface area contributed by atoms with Crippen LogP contribution in [0.15, 0.2) is 54.9 Å². The van der Waals surface area contributed by atoms with Crippen molar-refractivity contribution in [1.82, 2.24) is 0 Å². The lowest BCUT2D eigenvalue weighted by atomic mass is 9.75. The molecule has 2 fully saturated rings. The summed E-state index contributed by atoms with van der Waals surface area (Å²) in [4.78, 5) is 3.43. The van der Waals surface area contributed by atoms with E-state index in [2.05, 4.69) is 6.58 Å². The lowest BCUT2D eigenvalue weighted by Gasteiger charge is -2.45. The zero-order chi connectivity index (χ0) is 21.0. The van der Waals surface area contributed by atoms with Gasteiger partial charge in [-0.2, -0.15) is 18.4 Å². The van der Waals surface area contributed by atoms with Gasteiger partial charge >= 0.3 is 6.18 Å². The first-order valence-corrected chi connectivity index (χ1v) is 9.25. The molecule has 1 saturated heterocycles. The fourth-order valence-electron chi connectivity index (χ4n) is 4.13. The van der Waals surface area contributed by atoms with Gasteiger partial charge in [-0.25, -0.2) is 0 Å². The minimum Gasteiger partial charge on any atom is -0.315 e. The van der Waals surface area contributed by atoms with Crippen LogP contribution < -0.4 is 9.80 Å². The van der Waals surface area contributed by atoms with Gasteiger partial charge in [-0.3, -0.25) is 10.3 Å². The molecule has 0 amide bonds. The van der Waals surface area contributed by atoms with E-state index in [1.165, 1.54) is 11.0 Å². The Kier molecular flexibility index (Phi) is 4.19. The van der Waals surface area contributed by atoms with Gasteiger partial charge in [0.15, 0.2) is 0 Å². The van der Waals surface area contributed by atoms with Crippen LogP contribution in [0.3, 0.4) is 0 Å². The molecule has 1 N–H and O–H groups in total. The summed E-state index contributed by atoms with van der Waals surface area (Å²) in [5.41, 5.74) is 0.0962. The van der Waals surface area contributed by atoms with Crippen LogP contribution in [0.1, 0.15) is 36.0 Å². The van der Waals surface area contributed by atoms with Gasteiger partial charge in [-0.15, -0.1) is 0 Å². The molecule has 148 valence electrons. The van der Waals surface area contributed by atoms with Gasteiger partial charge in [0.2, 0.25) is 0 Å². The number of hydrogen-bond donors (Lipinski definition) is 1. The maximum Gasteiger partial charge on any atom is 0.417 e. The molecule has 1 aliphatic heterocycles. The van der Waals surface area contributed by atoms with Crippen LogP contribution in [0.5, 0.6) is 0 Å². The van der Waals surface area contributed by atoms with Gasteiger partial charge in [0, 0.05) is 11.4 Å². The topological polar surface area (TPSA) is 54.1 Å². The molecular weight excluding hydrogens is 377 g/mol. The van der Waals surface area contributed by atoms with Gasteiger partial charge in [0.25, 0.3) is 0 Å². The second kappa shape index (κ2) is 6.38. The van der Waals surface area contributed by atoms with E-state index in [1.807, 2.05) is 36.1 Å². The third kappa shape index (κ3) is 2.79. The third-order valence-electron chi connectivity index (χ3n) is 5.77. The normalized spacial score (nSPS) is 18.2. The zero-order valence-corrected chi connectivity index (χ0v) is 15.8. The number of aryl methyl sites for hydroxylation is 1. The molecule has 4 nitrogen and oxygen atoms in total. The van der Waals surface area contributed by atoms with E-state index in [1.54, 1.807) is 6.07 Å². The second-order valence-electron chi connectivity index (χ2n) is 7.50. The molecule has 7 heteroatoms. The van der Waals surface area contributed by atoms with E-state index in [0.717, 1.165) is 42.6 Å². The van der Waals surface area contributed by atoms with E-state index >= 15 is 0 Å². The molecule has 0 bridgehead atoms. The number of hydrogen-bond acceptors (Lipinski definition) is 3. The van der Waals surface area contributed by atoms with Crippen molar-refractivity contribution in [3.05, 3.63) is 71.6 Å². The number of nitriles is 1. The number of alkyl halides is 3. The standard InChI is InChI=1S/C22H19F3N4/c1-14-4-7-17(8-5-14)29-15(2)28(20(27)21(29)10-3-11-21)18-9-6-16(13-26)19(12-18)22(23,24)25/h4-9,12,27H,2-3,10-11H2,1H3. The summed E-state index contributed by atoms with van der Waals surface area (Å²) in [6, 6.07) is 12.9. The van der Waals surface area contributed by atoms with Crippen LogP contribution in [-0.2, 0) is 6.18 Å². The Labute approximate surface area is 167 Å². The highest BCUT2D eigenvalue weighted by atomic mass is 19.4. The lowest BCUT2D eigenvalue weighted by molar-refractivity contribution is -0.137. The molecule has 2 aromatic carbocycles. The van der Waals surface area contributed by atoms with Crippen LogP contribution in [0.25, 0.3) is 0 Å². The summed E-state index contributed by atoms with van der Waals surface area (Å²) in [5.74, 6) is 0.656. The van der Waals surface area contributed by atoms with Crippen LogP contribution in [0.2, 0.25) is 0 Å². The van der Waals surface area contributed by atoms with E-state index in [9.17, 15) is 13.2 Å². The maximum absolute atomic E-state index is 13.4. The maximum atomic E-state index is 13.4. The quantitative estimate of drug-likeness (QED) is 0.721. The molecule has 1 spiro atoms. The first-order valence-electron chi connectivity index (χ1n) is 9.25. The summed E-state index contributed by atoms with van der Waals surface area (Å²) in [6.07, 6.45) is -2.25. The van der Waals surface area contributed by atoms with Crippen molar-refractivity contribution in [2.75, 3.05) is 9.80 Å². The molecule has 0 radical (unpaired) electrons. The lowest BCUT2D eigenvalue weighted by Crippen LogP contribution is -2.54. The number of nitrogens with zero attached hydrogens (tertiary/aromatic N) is 3. The Bertz CT molecular complexity index is 1040. The van der Waals surface area contributed by atoms with Gasteiger partial charge in [-0.1, -0.05) is 24.3 Å². The van der Waals surface area contributed by atoms with Gasteiger partial charge in [0.1, 0.15) is 17.2 Å². The van der Waals surface area contributed by atoms with Crippen molar-refractivity contribution < 1.29 is 13.2 Å². The summed E-state index contributed by atoms with van der Waals surface area (Å²) in [6.45, 7) is 6.10. The van der Waals surface area contributed by atoms with Gasteiger partial charge in [-0.05, 0) is 56.5 Å². The van der Waals surface area contributed by atoms with Crippen LogP contribution in [0.4, 0.5) is 24.5 Å². The number of nitrogens with one attached hydrogen (secondary N) is 1. The highest BCUT2D eigenvalue weighted by Gasteiger charge is 2.56. The fraction of sp³-hybridized carbons (Fsp3) is 0.273. The van der Waals surface area contributed by atoms with Crippen molar-refractivity contribution in [1.29, 1.82) is 10.7 Å². The summed E-state index contributed by atoms with van der Waals surface area (Å²) in [5, 5.41) is 17.9. The Morgan fingerprint density at radius 1 is 1.10 bits per heavy atom. The SMILES string of the molecule is C=C1N(c2ccc(C#N)c(C(F)(F)F)c2)C(=N)C2(CCC2)N1c1ccc(C)cc1. The smallest absolute Gasteiger partial charge is 0.315 e. The van der Waals surface area contributed by atoms with E-state index < -0.39 is 22.8 Å². The Morgan fingerprint density at radius 3 is 2.24 bits per heavy atom. The first kappa shape index (κ1) is 19.1. The van der Waals surface area contributed by atoms with Crippen molar-refractivity contribution in [2.24, 2.45) is 0 Å². The predicted octanol–water partition coefficient (Wildman–Crippen LogP) is 5.58. The first-order chi connectivity index (χ1) is 13.7. The molecular formula is C22H19F3N4. The number of halogens is 3. The molecule has 1 saturated carbocycles. The highest BCUT2D eigenvalue weighted by Crippen LogP contribution is 2.50. The number of anilines is 2. The van der Waals surface area contributed by atoms with Crippen LogP contribution in [-0.4, -0.2) is 11.4 Å². The molecule has 29 heavy (non-hydrogen) atoms. The largest absolute Gasteiger partial charge is 0.417 e. The van der Waals surface area contributed by atoms with E-state index in [4.69, 9.17) is 10.7 Å². The summed E-state index contributed by atoms with van der Waals surface area (Å²) in [7, 11) is 0. The molecule has 4 rings (SSSR count). The molecule has 2 aromatic rings. The third-order valence-corrected chi connectivity index (χ3v) is 5.77. The minimum atomic E-state index is -4.66. The fourth-order valence-corrected chi connectivity index (χ4v) is 4.13. The molecule has 2 aliphatic rings. The molecule has 1 heterocycles. The molecule has 0 atom stereocenters. The average molecular weight is 396 g/mol. The molecule has 0 unspecified atom stereocenters. The van der Waals surface area contributed by atoms with Crippen LogP contribution in [0, 0.1) is 23.7 Å². The monoisotopic (exact) mass is 396 g/mol. The molecule has 0 aromatic heterocycles. The summed E-state index contributed by atoms with van der Waals surface area (Å²) >= 11 is 0. The van der Waals surface area contributed by atoms with Crippen molar-refractivity contribution in [3.8, 4) is 6.07 Å². The Balaban J connectivity index is 1.82. The number of benzene rings is 2.